The molecule has 0 radical (unpaired) electrons. The molecular formula is C19H31BrO2. The van der Waals surface area contributed by atoms with E-state index in [9.17, 15) is 5.11 Å². The summed E-state index contributed by atoms with van der Waals surface area (Å²) in [5.41, 5.74) is 0.760. The van der Waals surface area contributed by atoms with Gasteiger partial charge in [-0.05, 0) is 61.7 Å². The molecule has 1 aliphatic heterocycles. The molecule has 3 saturated carbocycles. The van der Waals surface area contributed by atoms with Gasteiger partial charge in [0, 0.05) is 5.41 Å². The third-order valence-electron chi connectivity index (χ3n) is 8.11. The molecule has 126 valence electrons. The van der Waals surface area contributed by atoms with Crippen molar-refractivity contribution in [3.63, 3.8) is 0 Å². The summed E-state index contributed by atoms with van der Waals surface area (Å²) < 4.78 is 6.40. The second kappa shape index (κ2) is 4.95. The maximum atomic E-state index is 10.3. The predicted octanol–water partition coefficient (Wildman–Crippen LogP) is 4.53. The molecule has 2 bridgehead atoms. The fraction of sp³-hybridized carbons (Fsp3) is 1.00. The van der Waals surface area contributed by atoms with Gasteiger partial charge >= 0.3 is 0 Å². The topological polar surface area (TPSA) is 29.5 Å². The van der Waals surface area contributed by atoms with Crippen LogP contribution in [0.5, 0.6) is 0 Å². The number of hydrogen-bond acceptors (Lipinski definition) is 2. The Bertz CT molecular complexity index is 464. The maximum absolute atomic E-state index is 10.3. The first-order valence-electron chi connectivity index (χ1n) is 9.33. The molecule has 1 heterocycles. The second-order valence-electron chi connectivity index (χ2n) is 9.26. The van der Waals surface area contributed by atoms with E-state index in [4.69, 9.17) is 4.74 Å². The Balaban J connectivity index is 1.74. The number of ether oxygens (including phenoxy) is 1. The molecule has 4 aliphatic rings. The van der Waals surface area contributed by atoms with E-state index in [2.05, 4.69) is 36.7 Å². The standard InChI is InChI=1S/C19H31BrO2/c1-4-14-13-9-16-19(20)10-12(21)5-8-18(19,11-22-16)15(13)6-7-17(14,2)3/h12-16,21H,4-11H2,1-3H3/t12?,13?,14?,15?,16?,18?,19-/m0/s1. The Hall–Kier alpha value is 0.400. The zero-order valence-electron chi connectivity index (χ0n) is 14.3. The molecule has 3 heteroatoms. The van der Waals surface area contributed by atoms with Crippen LogP contribution < -0.4 is 0 Å². The average molecular weight is 371 g/mol. The minimum atomic E-state index is -0.143. The molecule has 0 spiro atoms. The van der Waals surface area contributed by atoms with Crippen LogP contribution in [0.25, 0.3) is 0 Å². The summed E-state index contributed by atoms with van der Waals surface area (Å²) >= 11 is 4.14. The number of rotatable bonds is 1. The van der Waals surface area contributed by atoms with Crippen molar-refractivity contribution >= 4 is 15.9 Å². The summed E-state index contributed by atoms with van der Waals surface area (Å²) in [6.07, 6.45) is 8.38. The summed E-state index contributed by atoms with van der Waals surface area (Å²) in [6.45, 7) is 8.28. The Morgan fingerprint density at radius 1 is 1.23 bits per heavy atom. The fourth-order valence-electron chi connectivity index (χ4n) is 7.07. The Morgan fingerprint density at radius 3 is 2.73 bits per heavy atom. The maximum Gasteiger partial charge on any atom is 0.0738 e. The highest BCUT2D eigenvalue weighted by atomic mass is 79.9. The van der Waals surface area contributed by atoms with Gasteiger partial charge in [0.25, 0.3) is 0 Å². The zero-order chi connectivity index (χ0) is 15.8. The van der Waals surface area contributed by atoms with Crippen LogP contribution in [0, 0.1) is 28.6 Å². The Labute approximate surface area is 143 Å². The van der Waals surface area contributed by atoms with Gasteiger partial charge in [-0.25, -0.2) is 0 Å². The van der Waals surface area contributed by atoms with Crippen molar-refractivity contribution in [2.24, 2.45) is 28.6 Å². The average Bonchev–Trinajstić information content (AvgIpc) is 2.62. The van der Waals surface area contributed by atoms with Crippen molar-refractivity contribution in [3.8, 4) is 0 Å². The van der Waals surface area contributed by atoms with Crippen molar-refractivity contribution < 1.29 is 9.84 Å². The number of aliphatic hydroxyl groups is 1. The van der Waals surface area contributed by atoms with E-state index in [-0.39, 0.29) is 15.8 Å². The normalized spacial score (nSPS) is 56.3. The summed E-state index contributed by atoms with van der Waals surface area (Å²) in [5.74, 6) is 2.44. The number of hydrogen-bond donors (Lipinski definition) is 1. The molecule has 4 rings (SSSR count). The van der Waals surface area contributed by atoms with Crippen LogP contribution in [0.4, 0.5) is 0 Å². The highest BCUT2D eigenvalue weighted by Crippen LogP contribution is 2.70. The minimum Gasteiger partial charge on any atom is -0.393 e. The number of alkyl halides is 1. The molecule has 4 fully saturated rings. The lowest BCUT2D eigenvalue weighted by atomic mass is 9.44. The fourth-order valence-corrected chi connectivity index (χ4v) is 8.36. The Morgan fingerprint density at radius 2 is 2.00 bits per heavy atom. The second-order valence-corrected chi connectivity index (χ2v) is 10.7. The molecule has 0 aromatic heterocycles. The molecule has 3 aliphatic carbocycles. The number of aliphatic hydroxyl groups excluding tert-OH is 1. The summed E-state index contributed by atoms with van der Waals surface area (Å²) in [4.78, 5) is 0. The lowest BCUT2D eigenvalue weighted by Gasteiger charge is -2.62. The van der Waals surface area contributed by atoms with Gasteiger partial charge in [-0.1, -0.05) is 43.1 Å². The molecule has 2 nitrogen and oxygen atoms in total. The smallest absolute Gasteiger partial charge is 0.0738 e. The first-order chi connectivity index (χ1) is 10.3. The van der Waals surface area contributed by atoms with Crippen LogP contribution >= 0.6 is 15.9 Å². The van der Waals surface area contributed by atoms with Crippen LogP contribution in [-0.2, 0) is 4.74 Å². The summed E-state index contributed by atoms with van der Waals surface area (Å²) in [5, 5.41) is 10.3. The lowest BCUT2D eigenvalue weighted by Crippen LogP contribution is -2.63. The predicted molar refractivity (Wildman–Crippen MR) is 92.1 cm³/mol. The van der Waals surface area contributed by atoms with E-state index < -0.39 is 0 Å². The van der Waals surface area contributed by atoms with Gasteiger partial charge in [0.2, 0.25) is 0 Å². The highest BCUT2D eigenvalue weighted by molar-refractivity contribution is 9.10. The van der Waals surface area contributed by atoms with Crippen LogP contribution in [0.15, 0.2) is 0 Å². The van der Waals surface area contributed by atoms with Crippen molar-refractivity contribution in [1.29, 1.82) is 0 Å². The quantitative estimate of drug-likeness (QED) is 0.686. The monoisotopic (exact) mass is 370 g/mol. The van der Waals surface area contributed by atoms with E-state index in [0.717, 1.165) is 43.6 Å². The van der Waals surface area contributed by atoms with Gasteiger partial charge in [-0.3, -0.25) is 0 Å². The summed E-state index contributed by atoms with van der Waals surface area (Å²) in [6, 6.07) is 0. The first-order valence-corrected chi connectivity index (χ1v) is 10.1. The molecule has 0 aromatic rings. The number of fused-ring (bicyclic) bond motifs is 1. The van der Waals surface area contributed by atoms with Crippen LogP contribution in [-0.4, -0.2) is 28.2 Å². The van der Waals surface area contributed by atoms with E-state index in [1.165, 1.54) is 25.7 Å². The third kappa shape index (κ3) is 1.85. The van der Waals surface area contributed by atoms with Crippen LogP contribution in [0.3, 0.4) is 0 Å². The molecule has 7 atom stereocenters. The molecule has 22 heavy (non-hydrogen) atoms. The zero-order valence-corrected chi connectivity index (χ0v) is 15.9. The number of halogens is 1. The van der Waals surface area contributed by atoms with Crippen molar-refractivity contribution in [2.45, 2.75) is 82.2 Å². The first kappa shape index (κ1) is 15.9. The van der Waals surface area contributed by atoms with Gasteiger partial charge < -0.3 is 9.84 Å². The van der Waals surface area contributed by atoms with Crippen LogP contribution in [0.2, 0.25) is 0 Å². The Kier molecular flexibility index (Phi) is 3.58. The molecule has 0 aromatic carbocycles. The minimum absolute atomic E-state index is 0.0403. The molecular weight excluding hydrogens is 340 g/mol. The molecule has 1 N–H and O–H groups in total. The van der Waals surface area contributed by atoms with E-state index >= 15 is 0 Å². The van der Waals surface area contributed by atoms with Crippen molar-refractivity contribution in [2.75, 3.05) is 6.61 Å². The molecule has 0 amide bonds. The van der Waals surface area contributed by atoms with Crippen molar-refractivity contribution in [3.05, 3.63) is 0 Å². The van der Waals surface area contributed by atoms with E-state index in [0.29, 0.717) is 11.5 Å². The van der Waals surface area contributed by atoms with E-state index in [1.807, 2.05) is 0 Å². The van der Waals surface area contributed by atoms with Gasteiger partial charge in [-0.2, -0.15) is 0 Å². The van der Waals surface area contributed by atoms with Gasteiger partial charge in [-0.15, -0.1) is 0 Å². The summed E-state index contributed by atoms with van der Waals surface area (Å²) in [7, 11) is 0. The highest BCUT2D eigenvalue weighted by Gasteiger charge is 2.70. The largest absolute Gasteiger partial charge is 0.393 e. The molecule has 1 saturated heterocycles. The molecule has 6 unspecified atom stereocenters. The SMILES string of the molecule is CCC1C2CC3OCC4(CCC(O)C[C@]34Br)C2CCC1(C)C. The van der Waals surface area contributed by atoms with E-state index in [1.54, 1.807) is 0 Å². The third-order valence-corrected chi connectivity index (χ3v) is 9.73. The van der Waals surface area contributed by atoms with Crippen LogP contribution in [0.1, 0.15) is 65.7 Å². The van der Waals surface area contributed by atoms with Gasteiger partial charge in [0.15, 0.2) is 0 Å². The lowest BCUT2D eigenvalue weighted by molar-refractivity contribution is -0.0996. The van der Waals surface area contributed by atoms with Gasteiger partial charge in [0.1, 0.15) is 0 Å². The van der Waals surface area contributed by atoms with Crippen molar-refractivity contribution in [1.82, 2.24) is 0 Å². The van der Waals surface area contributed by atoms with Gasteiger partial charge in [0.05, 0.1) is 23.1 Å².